The highest BCUT2D eigenvalue weighted by molar-refractivity contribution is 6.30. The Kier molecular flexibility index (Phi) is 6.40. The van der Waals surface area contributed by atoms with Gasteiger partial charge in [0.1, 0.15) is 0 Å². The summed E-state index contributed by atoms with van der Waals surface area (Å²) in [5, 5.41) is 1.58. The average molecular weight is 377 g/mol. The molecule has 0 amide bonds. The third kappa shape index (κ3) is 4.20. The van der Waals surface area contributed by atoms with E-state index in [0.29, 0.717) is 12.1 Å². The van der Waals surface area contributed by atoms with Gasteiger partial charge in [-0.2, -0.15) is 0 Å². The van der Waals surface area contributed by atoms with Gasteiger partial charge >= 0.3 is 0 Å². The molecule has 0 aliphatic carbocycles. The number of rotatable bonds is 6. The van der Waals surface area contributed by atoms with Crippen LogP contribution in [-0.2, 0) is 0 Å². The fourth-order valence-electron chi connectivity index (χ4n) is 3.91. The molecule has 0 bridgehead atoms. The lowest BCUT2D eigenvalue weighted by molar-refractivity contribution is 0.218. The maximum Gasteiger partial charge on any atom is 0.0558 e. The molecule has 0 spiro atoms. The summed E-state index contributed by atoms with van der Waals surface area (Å²) in [5.74, 6) is 0. The van der Waals surface area contributed by atoms with Crippen LogP contribution in [0.2, 0.25) is 10.0 Å². The summed E-state index contributed by atoms with van der Waals surface area (Å²) in [5.41, 5.74) is 2.66. The van der Waals surface area contributed by atoms with E-state index >= 15 is 0 Å². The maximum absolute atomic E-state index is 6.13. The van der Waals surface area contributed by atoms with E-state index in [4.69, 9.17) is 23.2 Å². The second-order valence-corrected chi connectivity index (χ2v) is 7.63. The van der Waals surface area contributed by atoms with Crippen LogP contribution in [0.5, 0.6) is 0 Å². The number of benzene rings is 2. The Morgan fingerprint density at radius 2 is 1.08 bits per heavy atom. The number of halogens is 2. The first-order valence-corrected chi connectivity index (χ1v) is 9.88. The van der Waals surface area contributed by atoms with Crippen molar-refractivity contribution >= 4 is 23.2 Å². The van der Waals surface area contributed by atoms with Crippen LogP contribution in [0.4, 0.5) is 0 Å². The van der Waals surface area contributed by atoms with E-state index in [1.165, 1.54) is 11.1 Å². The van der Waals surface area contributed by atoms with Gasteiger partial charge in [0, 0.05) is 10.0 Å². The van der Waals surface area contributed by atoms with E-state index in [1.54, 1.807) is 0 Å². The molecular formula is C21H26Cl2N2. The van der Waals surface area contributed by atoms with E-state index < -0.39 is 0 Å². The molecule has 1 heterocycles. The molecule has 1 saturated heterocycles. The summed E-state index contributed by atoms with van der Waals surface area (Å²) in [4.78, 5) is 5.19. The van der Waals surface area contributed by atoms with Gasteiger partial charge in [0.05, 0.1) is 18.8 Å². The first kappa shape index (κ1) is 18.7. The minimum atomic E-state index is 0.338. The Labute approximate surface area is 161 Å². The van der Waals surface area contributed by atoms with Gasteiger partial charge in [-0.25, -0.2) is 0 Å². The van der Waals surface area contributed by atoms with Crippen molar-refractivity contribution in [1.29, 1.82) is 0 Å². The van der Waals surface area contributed by atoms with Crippen LogP contribution in [0.1, 0.15) is 49.9 Å². The van der Waals surface area contributed by atoms with E-state index in [9.17, 15) is 0 Å². The lowest BCUT2D eigenvalue weighted by Gasteiger charge is -2.29. The van der Waals surface area contributed by atoms with Gasteiger partial charge in [-0.15, -0.1) is 0 Å². The van der Waals surface area contributed by atoms with E-state index in [1.807, 2.05) is 24.3 Å². The molecular weight excluding hydrogens is 351 g/mol. The first-order chi connectivity index (χ1) is 12.1. The molecule has 2 atom stereocenters. The molecule has 0 radical (unpaired) electrons. The van der Waals surface area contributed by atoms with Crippen molar-refractivity contribution in [2.45, 2.75) is 38.8 Å². The summed E-state index contributed by atoms with van der Waals surface area (Å²) < 4.78 is 0. The third-order valence-corrected chi connectivity index (χ3v) is 5.40. The fourth-order valence-corrected chi connectivity index (χ4v) is 4.16. The van der Waals surface area contributed by atoms with Crippen molar-refractivity contribution in [3.63, 3.8) is 0 Å². The standard InChI is InChI=1S/C21H26Cl2N2/c1-3-13-24-15-25(14-4-2)21(17-7-11-19(23)12-8-17)20(24)16-5-9-18(22)10-6-16/h5-12,20-21H,3-4,13-15H2,1-2H3/t20-,21-/m1/s1. The van der Waals surface area contributed by atoms with Crippen LogP contribution in [0.15, 0.2) is 48.5 Å². The van der Waals surface area contributed by atoms with Crippen LogP contribution in [0, 0.1) is 0 Å². The number of hydrogen-bond donors (Lipinski definition) is 0. The van der Waals surface area contributed by atoms with E-state index in [0.717, 1.165) is 42.6 Å². The van der Waals surface area contributed by atoms with E-state index in [2.05, 4.69) is 47.9 Å². The Balaban J connectivity index is 2.02. The predicted molar refractivity (Wildman–Crippen MR) is 107 cm³/mol. The Hall–Kier alpha value is -1.06. The quantitative estimate of drug-likeness (QED) is 0.594. The molecule has 0 aromatic heterocycles. The molecule has 2 aromatic carbocycles. The monoisotopic (exact) mass is 376 g/mol. The summed E-state index contributed by atoms with van der Waals surface area (Å²) in [7, 11) is 0. The van der Waals surface area contributed by atoms with Crippen molar-refractivity contribution in [1.82, 2.24) is 9.80 Å². The molecule has 134 valence electrons. The summed E-state index contributed by atoms with van der Waals surface area (Å²) in [6.45, 7) is 7.69. The normalized spacial score (nSPS) is 21.8. The lowest BCUT2D eigenvalue weighted by atomic mass is 9.93. The molecule has 1 aliphatic heterocycles. The van der Waals surface area contributed by atoms with Gasteiger partial charge in [0.15, 0.2) is 0 Å². The summed E-state index contributed by atoms with van der Waals surface area (Å²) in [6, 6.07) is 17.4. The number of nitrogens with zero attached hydrogens (tertiary/aromatic N) is 2. The number of hydrogen-bond acceptors (Lipinski definition) is 2. The van der Waals surface area contributed by atoms with Crippen molar-refractivity contribution < 1.29 is 0 Å². The lowest BCUT2D eigenvalue weighted by Crippen LogP contribution is -2.27. The highest BCUT2D eigenvalue weighted by Crippen LogP contribution is 2.44. The molecule has 1 aliphatic rings. The highest BCUT2D eigenvalue weighted by atomic mass is 35.5. The SMILES string of the molecule is CCCN1CN(CCC)[C@H](c2ccc(Cl)cc2)[C@H]1c1ccc(Cl)cc1. The third-order valence-electron chi connectivity index (χ3n) is 4.89. The van der Waals surface area contributed by atoms with Crippen LogP contribution in [0.25, 0.3) is 0 Å². The van der Waals surface area contributed by atoms with Gasteiger partial charge in [0.25, 0.3) is 0 Å². The highest BCUT2D eigenvalue weighted by Gasteiger charge is 2.40. The van der Waals surface area contributed by atoms with Gasteiger partial charge in [-0.3, -0.25) is 9.80 Å². The largest absolute Gasteiger partial charge is 0.282 e. The second kappa shape index (κ2) is 8.55. The minimum absolute atomic E-state index is 0.338. The Morgan fingerprint density at radius 1 is 0.720 bits per heavy atom. The predicted octanol–water partition coefficient (Wildman–Crippen LogP) is 6.17. The van der Waals surface area contributed by atoms with Gasteiger partial charge < -0.3 is 0 Å². The Morgan fingerprint density at radius 3 is 1.40 bits per heavy atom. The molecule has 25 heavy (non-hydrogen) atoms. The topological polar surface area (TPSA) is 6.48 Å². The second-order valence-electron chi connectivity index (χ2n) is 6.76. The smallest absolute Gasteiger partial charge is 0.0558 e. The van der Waals surface area contributed by atoms with Gasteiger partial charge in [-0.05, 0) is 61.3 Å². The van der Waals surface area contributed by atoms with Crippen LogP contribution < -0.4 is 0 Å². The van der Waals surface area contributed by atoms with Gasteiger partial charge in [0.2, 0.25) is 0 Å². The molecule has 0 unspecified atom stereocenters. The molecule has 2 aromatic rings. The first-order valence-electron chi connectivity index (χ1n) is 9.13. The Bertz CT molecular complexity index is 610. The molecule has 0 N–H and O–H groups in total. The molecule has 2 nitrogen and oxygen atoms in total. The minimum Gasteiger partial charge on any atom is -0.282 e. The van der Waals surface area contributed by atoms with Gasteiger partial charge in [-0.1, -0.05) is 61.3 Å². The summed E-state index contributed by atoms with van der Waals surface area (Å²) >= 11 is 12.3. The fraction of sp³-hybridized carbons (Fsp3) is 0.429. The maximum atomic E-state index is 6.13. The van der Waals surface area contributed by atoms with Crippen molar-refractivity contribution in [3.8, 4) is 0 Å². The zero-order valence-electron chi connectivity index (χ0n) is 15.0. The molecule has 0 saturated carbocycles. The van der Waals surface area contributed by atoms with Crippen LogP contribution in [-0.4, -0.2) is 29.6 Å². The van der Waals surface area contributed by atoms with Crippen molar-refractivity contribution in [3.05, 3.63) is 69.7 Å². The molecule has 4 heteroatoms. The van der Waals surface area contributed by atoms with Crippen LogP contribution in [0.3, 0.4) is 0 Å². The van der Waals surface area contributed by atoms with Crippen molar-refractivity contribution in [2.75, 3.05) is 19.8 Å². The average Bonchev–Trinajstić information content (AvgIpc) is 2.95. The molecule has 3 rings (SSSR count). The summed E-state index contributed by atoms with van der Waals surface area (Å²) in [6.07, 6.45) is 2.30. The van der Waals surface area contributed by atoms with Crippen molar-refractivity contribution in [2.24, 2.45) is 0 Å². The molecule has 1 fully saturated rings. The zero-order valence-corrected chi connectivity index (χ0v) is 16.5. The van der Waals surface area contributed by atoms with E-state index in [-0.39, 0.29) is 0 Å². The zero-order chi connectivity index (χ0) is 17.8. The van der Waals surface area contributed by atoms with Crippen LogP contribution >= 0.6 is 23.2 Å².